The van der Waals surface area contributed by atoms with Crippen LogP contribution in [0.2, 0.25) is 0 Å². The lowest BCUT2D eigenvalue weighted by atomic mass is 10.1. The molecule has 1 heterocycles. The van der Waals surface area contributed by atoms with Crippen LogP contribution < -0.4 is 14.2 Å². The number of rotatable bonds is 8. The Labute approximate surface area is 162 Å². The number of benzene rings is 2. The maximum Gasteiger partial charge on any atom is 0.164 e. The Hall–Kier alpha value is -2.86. The number of methoxy groups -OCH3 is 2. The van der Waals surface area contributed by atoms with Crippen molar-refractivity contribution in [2.75, 3.05) is 14.2 Å². The molecule has 0 fully saturated rings. The Morgan fingerprint density at radius 3 is 2.44 bits per heavy atom. The lowest BCUT2D eigenvalue weighted by molar-refractivity contribution is -0.117. The monoisotopic (exact) mass is 383 g/mol. The van der Waals surface area contributed by atoms with Gasteiger partial charge in [-0.15, -0.1) is 11.3 Å². The van der Waals surface area contributed by atoms with Crippen LogP contribution in [0.25, 0.3) is 0 Å². The van der Waals surface area contributed by atoms with Gasteiger partial charge in [0.1, 0.15) is 17.3 Å². The van der Waals surface area contributed by atoms with Crippen molar-refractivity contribution < 1.29 is 19.0 Å². The number of aryl methyl sites for hydroxylation is 1. The number of carbonyl (C=O) groups excluding carboxylic acids is 1. The van der Waals surface area contributed by atoms with Crippen molar-refractivity contribution in [3.8, 4) is 23.0 Å². The van der Waals surface area contributed by atoms with E-state index >= 15 is 0 Å². The quantitative estimate of drug-likeness (QED) is 0.568. The van der Waals surface area contributed by atoms with Gasteiger partial charge in [0, 0.05) is 29.6 Å². The van der Waals surface area contributed by atoms with Crippen molar-refractivity contribution >= 4 is 17.1 Å². The van der Waals surface area contributed by atoms with E-state index in [1.54, 1.807) is 26.5 Å². The minimum Gasteiger partial charge on any atom is -0.493 e. The summed E-state index contributed by atoms with van der Waals surface area (Å²) in [5, 5.41) is 2.70. The number of hydrogen-bond acceptors (Lipinski definition) is 6. The molecule has 0 saturated carbocycles. The second-order valence-electron chi connectivity index (χ2n) is 6.00. The second kappa shape index (κ2) is 8.68. The van der Waals surface area contributed by atoms with Crippen molar-refractivity contribution in [1.29, 1.82) is 0 Å². The Morgan fingerprint density at radius 2 is 1.74 bits per heavy atom. The molecule has 0 radical (unpaired) electrons. The first-order valence-corrected chi connectivity index (χ1v) is 9.37. The number of para-hydroxylation sites is 1. The summed E-state index contributed by atoms with van der Waals surface area (Å²) in [7, 11) is 3.18. The maximum atomic E-state index is 12.4. The summed E-state index contributed by atoms with van der Waals surface area (Å²) in [5.41, 5.74) is 1.75. The Morgan fingerprint density at radius 1 is 1.00 bits per heavy atom. The fourth-order valence-corrected chi connectivity index (χ4v) is 3.37. The fourth-order valence-electron chi connectivity index (χ4n) is 2.72. The molecule has 0 unspecified atom stereocenters. The number of Topliss-reactive ketones (excluding diaryl/α,β-unsaturated/α-hetero) is 1. The van der Waals surface area contributed by atoms with Crippen molar-refractivity contribution in [1.82, 2.24) is 4.98 Å². The fraction of sp³-hybridized carbons (Fsp3) is 0.238. The minimum absolute atomic E-state index is 0.102. The first kappa shape index (κ1) is 18.9. The van der Waals surface area contributed by atoms with E-state index in [4.69, 9.17) is 14.2 Å². The molecule has 0 saturated heterocycles. The van der Waals surface area contributed by atoms with Crippen LogP contribution in [0.15, 0.2) is 48.0 Å². The molecule has 0 amide bonds. The van der Waals surface area contributed by atoms with E-state index in [9.17, 15) is 4.79 Å². The van der Waals surface area contributed by atoms with Crippen LogP contribution in [0, 0.1) is 6.92 Å². The standard InChI is InChI=1S/C21H21NO4S/c1-14-10-19(24-2)20(25-3)13-18(14)26-17-7-5-4-6-15(17)11-16(23)12-21-22-8-9-27-21/h4-10,13H,11-12H2,1-3H3. The molecule has 3 rings (SSSR count). The molecule has 3 aromatic rings. The Kier molecular flexibility index (Phi) is 6.08. The molecule has 0 spiro atoms. The minimum atomic E-state index is 0.102. The smallest absolute Gasteiger partial charge is 0.164 e. The molecule has 6 heteroatoms. The molecule has 5 nitrogen and oxygen atoms in total. The van der Waals surface area contributed by atoms with Crippen molar-refractivity contribution in [2.45, 2.75) is 19.8 Å². The first-order chi connectivity index (χ1) is 13.1. The van der Waals surface area contributed by atoms with Gasteiger partial charge < -0.3 is 14.2 Å². The first-order valence-electron chi connectivity index (χ1n) is 8.49. The van der Waals surface area contributed by atoms with E-state index in [0.29, 0.717) is 35.8 Å². The lowest BCUT2D eigenvalue weighted by Crippen LogP contribution is -2.07. The van der Waals surface area contributed by atoms with Gasteiger partial charge in [0.05, 0.1) is 25.6 Å². The number of ether oxygens (including phenoxy) is 3. The van der Waals surface area contributed by atoms with Crippen LogP contribution in [0.1, 0.15) is 16.1 Å². The topological polar surface area (TPSA) is 57.7 Å². The van der Waals surface area contributed by atoms with E-state index in [1.807, 2.05) is 42.6 Å². The van der Waals surface area contributed by atoms with E-state index in [1.165, 1.54) is 11.3 Å². The zero-order valence-electron chi connectivity index (χ0n) is 15.5. The number of carbonyl (C=O) groups is 1. The molecule has 0 bridgehead atoms. The van der Waals surface area contributed by atoms with E-state index < -0.39 is 0 Å². The number of nitrogens with zero attached hydrogens (tertiary/aromatic N) is 1. The number of thiazole rings is 1. The van der Waals surface area contributed by atoms with Gasteiger partial charge in [0.25, 0.3) is 0 Å². The molecule has 0 atom stereocenters. The van der Waals surface area contributed by atoms with Crippen LogP contribution in [0.4, 0.5) is 0 Å². The van der Waals surface area contributed by atoms with Crippen molar-refractivity contribution in [2.24, 2.45) is 0 Å². The van der Waals surface area contributed by atoms with Gasteiger partial charge in [-0.05, 0) is 24.6 Å². The second-order valence-corrected chi connectivity index (χ2v) is 6.98. The molecule has 0 aliphatic rings. The summed E-state index contributed by atoms with van der Waals surface area (Å²) in [6.45, 7) is 1.94. The molecule has 0 aliphatic heterocycles. The zero-order chi connectivity index (χ0) is 19.2. The van der Waals surface area contributed by atoms with Crippen LogP contribution in [-0.2, 0) is 17.6 Å². The number of aromatic nitrogens is 1. The summed E-state index contributed by atoms with van der Waals surface area (Å²) < 4.78 is 16.8. The average molecular weight is 383 g/mol. The van der Waals surface area contributed by atoms with Crippen molar-refractivity contribution in [3.63, 3.8) is 0 Å². The maximum absolute atomic E-state index is 12.4. The van der Waals surface area contributed by atoms with Crippen molar-refractivity contribution in [3.05, 3.63) is 64.1 Å². The molecular formula is C21H21NO4S. The van der Waals surface area contributed by atoms with Gasteiger partial charge in [-0.25, -0.2) is 4.98 Å². The average Bonchev–Trinajstić information content (AvgIpc) is 3.17. The van der Waals surface area contributed by atoms with E-state index in [-0.39, 0.29) is 5.78 Å². The lowest BCUT2D eigenvalue weighted by Gasteiger charge is -2.15. The molecule has 140 valence electrons. The molecule has 0 aliphatic carbocycles. The van der Waals surface area contributed by atoms with E-state index in [2.05, 4.69) is 4.98 Å². The normalized spacial score (nSPS) is 10.5. The summed E-state index contributed by atoms with van der Waals surface area (Å²) in [6, 6.07) is 11.2. The Balaban J connectivity index is 1.81. The largest absolute Gasteiger partial charge is 0.493 e. The highest BCUT2D eigenvalue weighted by Crippen LogP contribution is 2.37. The van der Waals surface area contributed by atoms with Gasteiger partial charge in [-0.1, -0.05) is 18.2 Å². The third-order valence-corrected chi connectivity index (χ3v) is 4.87. The van der Waals surface area contributed by atoms with Gasteiger partial charge in [-0.3, -0.25) is 4.79 Å². The van der Waals surface area contributed by atoms with Crippen LogP contribution in [-0.4, -0.2) is 25.0 Å². The summed E-state index contributed by atoms with van der Waals surface area (Å²) >= 11 is 1.49. The highest BCUT2D eigenvalue weighted by atomic mass is 32.1. The highest BCUT2D eigenvalue weighted by molar-refractivity contribution is 7.09. The van der Waals surface area contributed by atoms with Gasteiger partial charge in [0.2, 0.25) is 0 Å². The summed E-state index contributed by atoms with van der Waals surface area (Å²) in [6.07, 6.45) is 2.34. The molecule has 0 N–H and O–H groups in total. The van der Waals surface area contributed by atoms with Gasteiger partial charge >= 0.3 is 0 Å². The third-order valence-electron chi connectivity index (χ3n) is 4.09. The zero-order valence-corrected chi connectivity index (χ0v) is 16.3. The van der Waals surface area contributed by atoms with E-state index in [0.717, 1.165) is 16.1 Å². The predicted molar refractivity (Wildman–Crippen MR) is 105 cm³/mol. The molecule has 2 aromatic carbocycles. The number of ketones is 1. The number of hydrogen-bond donors (Lipinski definition) is 0. The van der Waals surface area contributed by atoms with Crippen LogP contribution >= 0.6 is 11.3 Å². The molecular weight excluding hydrogens is 362 g/mol. The third kappa shape index (κ3) is 4.65. The van der Waals surface area contributed by atoms with Crippen LogP contribution in [0.5, 0.6) is 23.0 Å². The molecule has 1 aromatic heterocycles. The van der Waals surface area contributed by atoms with Gasteiger partial charge in [-0.2, -0.15) is 0 Å². The molecule has 27 heavy (non-hydrogen) atoms. The summed E-state index contributed by atoms with van der Waals surface area (Å²) in [5.74, 6) is 2.66. The van der Waals surface area contributed by atoms with Gasteiger partial charge in [0.15, 0.2) is 11.5 Å². The van der Waals surface area contributed by atoms with Crippen LogP contribution in [0.3, 0.4) is 0 Å². The SMILES string of the molecule is COc1cc(C)c(Oc2ccccc2CC(=O)Cc2nccs2)cc1OC. The summed E-state index contributed by atoms with van der Waals surface area (Å²) in [4.78, 5) is 16.6. The Bertz CT molecular complexity index is 922. The highest BCUT2D eigenvalue weighted by Gasteiger charge is 2.14. The predicted octanol–water partition coefficient (Wildman–Crippen LogP) is 4.62.